The van der Waals surface area contributed by atoms with Crippen LogP contribution >= 0.6 is 0 Å². The number of aromatic nitrogens is 2. The van der Waals surface area contributed by atoms with Crippen LogP contribution in [0, 0.1) is 20.8 Å². The van der Waals surface area contributed by atoms with E-state index in [0.717, 1.165) is 28.6 Å². The van der Waals surface area contributed by atoms with E-state index in [4.69, 9.17) is 5.73 Å². The van der Waals surface area contributed by atoms with Gasteiger partial charge in [-0.3, -0.25) is 0 Å². The summed E-state index contributed by atoms with van der Waals surface area (Å²) in [5, 5.41) is 3.30. The molecule has 18 heavy (non-hydrogen) atoms. The first kappa shape index (κ1) is 12.4. The van der Waals surface area contributed by atoms with Crippen LogP contribution in [-0.4, -0.2) is 9.97 Å². The van der Waals surface area contributed by atoms with Crippen molar-refractivity contribution in [1.29, 1.82) is 0 Å². The Morgan fingerprint density at radius 3 is 2.67 bits per heavy atom. The molecule has 0 radical (unpaired) electrons. The first-order valence-electron chi connectivity index (χ1n) is 5.96. The molecule has 0 fully saturated rings. The summed E-state index contributed by atoms with van der Waals surface area (Å²) in [4.78, 5) is 8.60. The van der Waals surface area contributed by atoms with Crippen LogP contribution in [0.15, 0.2) is 24.3 Å². The van der Waals surface area contributed by atoms with Gasteiger partial charge in [0.25, 0.3) is 0 Å². The second-order valence-electron chi connectivity index (χ2n) is 4.43. The first-order chi connectivity index (χ1) is 8.56. The molecule has 0 aliphatic carbocycles. The largest absolute Gasteiger partial charge is 0.399 e. The molecular formula is C14H18N4. The maximum Gasteiger partial charge on any atom is 0.130 e. The Morgan fingerprint density at radius 2 is 1.94 bits per heavy atom. The fourth-order valence-corrected chi connectivity index (χ4v) is 1.89. The van der Waals surface area contributed by atoms with Crippen molar-refractivity contribution >= 4 is 11.5 Å². The molecule has 4 heteroatoms. The molecular weight excluding hydrogens is 224 g/mol. The molecule has 1 aromatic heterocycles. The lowest BCUT2D eigenvalue weighted by atomic mass is 10.1. The van der Waals surface area contributed by atoms with E-state index in [1.54, 1.807) is 0 Å². The summed E-state index contributed by atoms with van der Waals surface area (Å²) in [5.41, 5.74) is 9.98. The summed E-state index contributed by atoms with van der Waals surface area (Å²) in [6.07, 6.45) is 0. The SMILES string of the molecule is Cc1cc(NCc2cccc(N)c2C)nc(C)n1. The summed E-state index contributed by atoms with van der Waals surface area (Å²) in [6, 6.07) is 7.89. The third-order valence-corrected chi connectivity index (χ3v) is 2.91. The van der Waals surface area contributed by atoms with Crippen LogP contribution in [0.1, 0.15) is 22.6 Å². The minimum absolute atomic E-state index is 0.715. The Balaban J connectivity index is 2.14. The van der Waals surface area contributed by atoms with Crippen LogP contribution in [0.25, 0.3) is 0 Å². The highest BCUT2D eigenvalue weighted by molar-refractivity contribution is 5.51. The van der Waals surface area contributed by atoms with Crippen LogP contribution in [-0.2, 0) is 6.54 Å². The molecule has 0 bridgehead atoms. The van der Waals surface area contributed by atoms with Gasteiger partial charge in [-0.15, -0.1) is 0 Å². The lowest BCUT2D eigenvalue weighted by molar-refractivity contribution is 0.989. The Morgan fingerprint density at radius 1 is 1.17 bits per heavy atom. The number of aryl methyl sites for hydroxylation is 2. The van der Waals surface area contributed by atoms with E-state index in [9.17, 15) is 0 Å². The van der Waals surface area contributed by atoms with Gasteiger partial charge in [-0.05, 0) is 38.0 Å². The second kappa shape index (κ2) is 5.04. The molecule has 0 aliphatic heterocycles. The average molecular weight is 242 g/mol. The molecule has 2 aromatic rings. The van der Waals surface area contributed by atoms with Crippen molar-refractivity contribution in [2.24, 2.45) is 0 Å². The van der Waals surface area contributed by atoms with Gasteiger partial charge in [-0.1, -0.05) is 12.1 Å². The number of anilines is 2. The van der Waals surface area contributed by atoms with Gasteiger partial charge in [0.1, 0.15) is 11.6 Å². The quantitative estimate of drug-likeness (QED) is 0.812. The van der Waals surface area contributed by atoms with E-state index in [-0.39, 0.29) is 0 Å². The number of benzene rings is 1. The number of nitrogens with one attached hydrogen (secondary N) is 1. The van der Waals surface area contributed by atoms with Crippen molar-refractivity contribution < 1.29 is 0 Å². The van der Waals surface area contributed by atoms with Crippen molar-refractivity contribution in [2.45, 2.75) is 27.3 Å². The van der Waals surface area contributed by atoms with Crippen LogP contribution < -0.4 is 11.1 Å². The van der Waals surface area contributed by atoms with E-state index in [1.165, 1.54) is 5.56 Å². The van der Waals surface area contributed by atoms with Crippen molar-refractivity contribution in [2.75, 3.05) is 11.1 Å². The number of hydrogen-bond donors (Lipinski definition) is 2. The molecule has 1 heterocycles. The maximum absolute atomic E-state index is 5.88. The number of nitrogen functional groups attached to an aromatic ring is 1. The lowest BCUT2D eigenvalue weighted by Gasteiger charge is -2.10. The summed E-state index contributed by atoms with van der Waals surface area (Å²) in [7, 11) is 0. The van der Waals surface area contributed by atoms with Crippen molar-refractivity contribution in [3.63, 3.8) is 0 Å². The molecule has 4 nitrogen and oxygen atoms in total. The predicted molar refractivity (Wildman–Crippen MR) is 74.4 cm³/mol. The average Bonchev–Trinajstić information content (AvgIpc) is 2.30. The van der Waals surface area contributed by atoms with Gasteiger partial charge in [0.2, 0.25) is 0 Å². The predicted octanol–water partition coefficient (Wildman–Crippen LogP) is 2.60. The zero-order valence-corrected chi connectivity index (χ0v) is 11.0. The van der Waals surface area contributed by atoms with Gasteiger partial charge >= 0.3 is 0 Å². The molecule has 2 rings (SSSR count). The van der Waals surface area contributed by atoms with Crippen molar-refractivity contribution in [1.82, 2.24) is 9.97 Å². The van der Waals surface area contributed by atoms with Crippen LogP contribution in [0.4, 0.5) is 11.5 Å². The number of nitrogens with two attached hydrogens (primary N) is 1. The minimum Gasteiger partial charge on any atom is -0.399 e. The van der Waals surface area contributed by atoms with E-state index in [2.05, 4.69) is 21.4 Å². The zero-order chi connectivity index (χ0) is 13.1. The fraction of sp³-hybridized carbons (Fsp3) is 0.286. The first-order valence-corrected chi connectivity index (χ1v) is 5.96. The van der Waals surface area contributed by atoms with E-state index < -0.39 is 0 Å². The molecule has 0 aliphatic rings. The third-order valence-electron chi connectivity index (χ3n) is 2.91. The highest BCUT2D eigenvalue weighted by Gasteiger charge is 2.02. The molecule has 0 saturated heterocycles. The zero-order valence-electron chi connectivity index (χ0n) is 11.0. The Labute approximate surface area is 107 Å². The molecule has 0 spiro atoms. The van der Waals surface area contributed by atoms with Crippen LogP contribution in [0.2, 0.25) is 0 Å². The fourth-order valence-electron chi connectivity index (χ4n) is 1.89. The minimum atomic E-state index is 0.715. The number of hydrogen-bond acceptors (Lipinski definition) is 4. The van der Waals surface area contributed by atoms with E-state index in [1.807, 2.05) is 39.0 Å². The molecule has 0 unspecified atom stereocenters. The van der Waals surface area contributed by atoms with Gasteiger partial charge in [0.05, 0.1) is 0 Å². The van der Waals surface area contributed by atoms with Gasteiger partial charge in [-0.25, -0.2) is 9.97 Å². The lowest BCUT2D eigenvalue weighted by Crippen LogP contribution is -2.06. The molecule has 1 aromatic carbocycles. The molecule has 0 amide bonds. The highest BCUT2D eigenvalue weighted by Crippen LogP contribution is 2.16. The summed E-state index contributed by atoms with van der Waals surface area (Å²) < 4.78 is 0. The monoisotopic (exact) mass is 242 g/mol. The van der Waals surface area contributed by atoms with Gasteiger partial charge in [0.15, 0.2) is 0 Å². The van der Waals surface area contributed by atoms with Gasteiger partial charge in [-0.2, -0.15) is 0 Å². The third kappa shape index (κ3) is 2.77. The van der Waals surface area contributed by atoms with Crippen molar-refractivity contribution in [3.05, 3.63) is 46.9 Å². The van der Waals surface area contributed by atoms with Gasteiger partial charge in [0, 0.05) is 24.0 Å². The Bertz CT molecular complexity index is 543. The smallest absolute Gasteiger partial charge is 0.130 e. The summed E-state index contributed by atoms with van der Waals surface area (Å²) in [6.45, 7) is 6.60. The van der Waals surface area contributed by atoms with Crippen LogP contribution in [0.3, 0.4) is 0 Å². The Kier molecular flexibility index (Phi) is 3.46. The topological polar surface area (TPSA) is 63.8 Å². The Hall–Kier alpha value is -2.10. The summed E-state index contributed by atoms with van der Waals surface area (Å²) in [5.74, 6) is 1.63. The standard InChI is InChI=1S/C14H18N4/c1-9-7-14(18-11(3)17-9)16-8-12-5-4-6-13(15)10(12)2/h4-7H,8,15H2,1-3H3,(H,16,17,18). The van der Waals surface area contributed by atoms with Gasteiger partial charge < -0.3 is 11.1 Å². The number of nitrogens with zero attached hydrogens (tertiary/aromatic N) is 2. The summed E-state index contributed by atoms with van der Waals surface area (Å²) >= 11 is 0. The van der Waals surface area contributed by atoms with Crippen LogP contribution in [0.5, 0.6) is 0 Å². The normalized spacial score (nSPS) is 10.4. The van der Waals surface area contributed by atoms with Crippen molar-refractivity contribution in [3.8, 4) is 0 Å². The maximum atomic E-state index is 5.88. The number of rotatable bonds is 3. The van der Waals surface area contributed by atoms with E-state index in [0.29, 0.717) is 6.54 Å². The molecule has 0 atom stereocenters. The molecule has 0 saturated carbocycles. The van der Waals surface area contributed by atoms with E-state index >= 15 is 0 Å². The highest BCUT2D eigenvalue weighted by atomic mass is 15.0. The molecule has 3 N–H and O–H groups in total. The molecule has 94 valence electrons. The second-order valence-corrected chi connectivity index (χ2v) is 4.43.